The number of methoxy groups -OCH3 is 1. The van der Waals surface area contributed by atoms with Gasteiger partial charge in [-0.25, -0.2) is 0 Å². The lowest BCUT2D eigenvalue weighted by Crippen LogP contribution is -2.38. The third kappa shape index (κ3) is 6.20. The summed E-state index contributed by atoms with van der Waals surface area (Å²) in [6.45, 7) is 3.73. The molecule has 0 aliphatic heterocycles. The Labute approximate surface area is 173 Å². The fourth-order valence-corrected chi connectivity index (χ4v) is 3.63. The Morgan fingerprint density at radius 2 is 1.77 bits per heavy atom. The second-order valence-corrected chi connectivity index (χ2v) is 8.31. The number of halogens is 3. The van der Waals surface area contributed by atoms with Crippen molar-refractivity contribution in [2.45, 2.75) is 37.5 Å². The predicted molar refractivity (Wildman–Crippen MR) is 103 cm³/mol. The molecule has 0 fully saturated rings. The monoisotopic (exact) mass is 445 g/mol. The number of hydrogen-bond acceptors (Lipinski definition) is 5. The van der Waals surface area contributed by atoms with Crippen LogP contribution in [0, 0.1) is 0 Å². The Hall–Kier alpha value is -2.59. The molecule has 2 aromatic rings. The molecular formula is C20H22F3NO5S. The van der Waals surface area contributed by atoms with Gasteiger partial charge in [0.25, 0.3) is 0 Å². The van der Waals surface area contributed by atoms with Crippen molar-refractivity contribution in [1.82, 2.24) is 4.90 Å². The standard InChI is InChI=1S/C20H22F3NO5S/c1-14(2)24(19(25)13-28-3)12-15-6-4-8-17(10-15)29-30(26,27)18-9-5-7-16(11-18)20(21,22)23/h4-11,14H,12-13H2,1-3H3. The van der Waals surface area contributed by atoms with Crippen LogP contribution in [0.3, 0.4) is 0 Å². The smallest absolute Gasteiger partial charge is 0.379 e. The van der Waals surface area contributed by atoms with Crippen molar-refractivity contribution in [1.29, 1.82) is 0 Å². The molecule has 0 aliphatic rings. The maximum absolute atomic E-state index is 12.9. The van der Waals surface area contributed by atoms with Crippen molar-refractivity contribution in [3.05, 3.63) is 59.7 Å². The summed E-state index contributed by atoms with van der Waals surface area (Å²) in [5.41, 5.74) is -0.505. The maximum Gasteiger partial charge on any atom is 0.416 e. The minimum absolute atomic E-state index is 0.0761. The van der Waals surface area contributed by atoms with E-state index in [1.54, 1.807) is 11.0 Å². The molecule has 0 spiro atoms. The van der Waals surface area contributed by atoms with E-state index in [2.05, 4.69) is 0 Å². The van der Waals surface area contributed by atoms with Crippen molar-refractivity contribution < 1.29 is 35.3 Å². The molecule has 10 heteroatoms. The molecule has 164 valence electrons. The quantitative estimate of drug-likeness (QED) is 0.577. The van der Waals surface area contributed by atoms with Crippen molar-refractivity contribution in [2.75, 3.05) is 13.7 Å². The zero-order chi connectivity index (χ0) is 22.5. The highest BCUT2D eigenvalue weighted by atomic mass is 32.2. The van der Waals surface area contributed by atoms with Crippen molar-refractivity contribution in [2.24, 2.45) is 0 Å². The van der Waals surface area contributed by atoms with Crippen molar-refractivity contribution in [3.8, 4) is 5.75 Å². The van der Waals surface area contributed by atoms with E-state index in [1.165, 1.54) is 25.3 Å². The van der Waals surface area contributed by atoms with Crippen LogP contribution in [0.1, 0.15) is 25.0 Å². The lowest BCUT2D eigenvalue weighted by molar-refractivity contribution is -0.138. The van der Waals surface area contributed by atoms with Crippen LogP contribution in [0.2, 0.25) is 0 Å². The molecule has 2 aromatic carbocycles. The molecule has 0 aromatic heterocycles. The molecule has 0 atom stereocenters. The van der Waals surface area contributed by atoms with Crippen LogP contribution in [-0.2, 0) is 32.4 Å². The highest BCUT2D eigenvalue weighted by Crippen LogP contribution is 2.31. The summed E-state index contributed by atoms with van der Waals surface area (Å²) in [4.78, 5) is 13.1. The number of rotatable bonds is 8. The zero-order valence-electron chi connectivity index (χ0n) is 16.6. The van der Waals surface area contributed by atoms with E-state index in [0.717, 1.165) is 18.2 Å². The average molecular weight is 445 g/mol. The molecule has 0 saturated heterocycles. The number of nitrogens with zero attached hydrogens (tertiary/aromatic N) is 1. The van der Waals surface area contributed by atoms with Gasteiger partial charge >= 0.3 is 16.3 Å². The Kier molecular flexibility index (Phi) is 7.49. The van der Waals surface area contributed by atoms with Gasteiger partial charge in [0.2, 0.25) is 5.91 Å². The van der Waals surface area contributed by atoms with Gasteiger partial charge < -0.3 is 13.8 Å². The second-order valence-electron chi connectivity index (χ2n) is 6.76. The molecule has 0 radical (unpaired) electrons. The van der Waals surface area contributed by atoms with Crippen LogP contribution in [0.5, 0.6) is 5.75 Å². The first-order chi connectivity index (χ1) is 13.9. The van der Waals surface area contributed by atoms with E-state index >= 15 is 0 Å². The summed E-state index contributed by atoms with van der Waals surface area (Å²) in [5.74, 6) is -0.316. The van der Waals surface area contributed by atoms with E-state index in [-0.39, 0.29) is 30.9 Å². The Morgan fingerprint density at radius 1 is 1.10 bits per heavy atom. The fraction of sp³-hybridized carbons (Fsp3) is 0.350. The van der Waals surface area contributed by atoms with Gasteiger partial charge in [0.1, 0.15) is 17.3 Å². The first-order valence-electron chi connectivity index (χ1n) is 8.93. The Balaban J connectivity index is 2.25. The minimum atomic E-state index is -4.68. The van der Waals surface area contributed by atoms with Crippen LogP contribution >= 0.6 is 0 Å². The molecule has 6 nitrogen and oxygen atoms in total. The van der Waals surface area contributed by atoms with Crippen LogP contribution in [0.15, 0.2) is 53.4 Å². The lowest BCUT2D eigenvalue weighted by Gasteiger charge is -2.26. The van der Waals surface area contributed by atoms with Crippen LogP contribution in [0.4, 0.5) is 13.2 Å². The molecule has 0 heterocycles. The molecule has 2 rings (SSSR count). The topological polar surface area (TPSA) is 72.9 Å². The number of ether oxygens (including phenoxy) is 1. The van der Waals surface area contributed by atoms with Gasteiger partial charge in [-0.2, -0.15) is 21.6 Å². The van der Waals surface area contributed by atoms with Crippen LogP contribution < -0.4 is 4.18 Å². The van der Waals surface area contributed by atoms with Crippen LogP contribution in [0.25, 0.3) is 0 Å². The Morgan fingerprint density at radius 3 is 2.37 bits per heavy atom. The minimum Gasteiger partial charge on any atom is -0.379 e. The van der Waals surface area contributed by atoms with E-state index in [1.807, 2.05) is 13.8 Å². The SMILES string of the molecule is COCC(=O)N(Cc1cccc(OS(=O)(=O)c2cccc(C(F)(F)F)c2)c1)C(C)C. The molecule has 30 heavy (non-hydrogen) atoms. The van der Waals surface area contributed by atoms with Gasteiger partial charge in [-0.3, -0.25) is 4.79 Å². The van der Waals surface area contributed by atoms with Gasteiger partial charge in [-0.1, -0.05) is 18.2 Å². The second kappa shape index (κ2) is 9.48. The lowest BCUT2D eigenvalue weighted by atomic mass is 10.2. The summed E-state index contributed by atoms with van der Waals surface area (Å²) in [6.07, 6.45) is -4.68. The van der Waals surface area contributed by atoms with Crippen LogP contribution in [-0.4, -0.2) is 39.0 Å². The highest BCUT2D eigenvalue weighted by Gasteiger charge is 2.32. The largest absolute Gasteiger partial charge is 0.416 e. The molecule has 0 bridgehead atoms. The Bertz CT molecular complexity index is 990. The summed E-state index contributed by atoms with van der Waals surface area (Å²) in [5, 5.41) is 0. The molecule has 0 saturated carbocycles. The first-order valence-corrected chi connectivity index (χ1v) is 10.3. The molecular weight excluding hydrogens is 423 g/mol. The first kappa shape index (κ1) is 23.7. The van der Waals surface area contributed by atoms with E-state index in [9.17, 15) is 26.4 Å². The van der Waals surface area contributed by atoms with Gasteiger partial charge in [0.15, 0.2) is 0 Å². The predicted octanol–water partition coefficient (Wildman–Crippen LogP) is 3.86. The summed E-state index contributed by atoms with van der Waals surface area (Å²) in [6, 6.07) is 9.18. The highest BCUT2D eigenvalue weighted by molar-refractivity contribution is 7.87. The number of hydrogen-bond donors (Lipinski definition) is 0. The number of amides is 1. The van der Waals surface area contributed by atoms with Gasteiger partial charge in [-0.05, 0) is 49.7 Å². The number of carbonyl (C=O) groups excluding carboxylic acids is 1. The number of carbonyl (C=O) groups is 1. The van der Waals surface area contributed by atoms with Gasteiger partial charge in [-0.15, -0.1) is 0 Å². The number of benzene rings is 2. The average Bonchev–Trinajstić information content (AvgIpc) is 2.65. The molecule has 0 aliphatic carbocycles. The van der Waals surface area contributed by atoms with E-state index in [0.29, 0.717) is 11.6 Å². The normalized spacial score (nSPS) is 12.1. The summed E-state index contributed by atoms with van der Waals surface area (Å²) < 4.78 is 73.4. The summed E-state index contributed by atoms with van der Waals surface area (Å²) in [7, 11) is -3.08. The third-order valence-electron chi connectivity index (χ3n) is 4.12. The third-order valence-corrected chi connectivity index (χ3v) is 5.36. The number of alkyl halides is 3. The van der Waals surface area contributed by atoms with Crippen molar-refractivity contribution >= 4 is 16.0 Å². The fourth-order valence-electron chi connectivity index (χ4n) is 2.66. The van der Waals surface area contributed by atoms with Crippen molar-refractivity contribution in [3.63, 3.8) is 0 Å². The zero-order valence-corrected chi connectivity index (χ0v) is 17.5. The van der Waals surface area contributed by atoms with Gasteiger partial charge in [0, 0.05) is 19.7 Å². The van der Waals surface area contributed by atoms with Gasteiger partial charge in [0.05, 0.1) is 5.56 Å². The molecule has 0 N–H and O–H groups in total. The van der Waals surface area contributed by atoms with E-state index in [4.69, 9.17) is 8.92 Å². The van der Waals surface area contributed by atoms with E-state index < -0.39 is 26.8 Å². The molecule has 1 amide bonds. The summed E-state index contributed by atoms with van der Waals surface area (Å²) >= 11 is 0. The molecule has 0 unspecified atom stereocenters. The maximum atomic E-state index is 12.9.